The van der Waals surface area contributed by atoms with E-state index in [1.54, 1.807) is 7.11 Å². The topological polar surface area (TPSA) is 48.5 Å². The summed E-state index contributed by atoms with van der Waals surface area (Å²) < 4.78 is 11.4. The lowest BCUT2D eigenvalue weighted by Crippen LogP contribution is -2.38. The van der Waals surface area contributed by atoms with Crippen LogP contribution in [-0.2, 0) is 6.42 Å². The summed E-state index contributed by atoms with van der Waals surface area (Å²) in [7, 11) is 1.67. The van der Waals surface area contributed by atoms with Crippen LogP contribution in [0.5, 0.6) is 5.75 Å². The molecule has 0 radical (unpaired) electrons. The molecule has 3 heterocycles. The fourth-order valence-electron chi connectivity index (χ4n) is 7.46. The van der Waals surface area contributed by atoms with Crippen molar-refractivity contribution in [3.63, 3.8) is 0 Å². The highest BCUT2D eigenvalue weighted by Gasteiger charge is 2.32. The van der Waals surface area contributed by atoms with E-state index in [4.69, 9.17) is 9.73 Å². The first-order chi connectivity index (χ1) is 25.1. The summed E-state index contributed by atoms with van der Waals surface area (Å²) >= 11 is 5.08. The monoisotopic (exact) mass is 745 g/mol. The number of nitrogens with zero attached hydrogens (tertiary/aromatic N) is 3. The van der Waals surface area contributed by atoms with Crippen LogP contribution in [0.3, 0.4) is 0 Å². The molecule has 9 rings (SSSR count). The van der Waals surface area contributed by atoms with Gasteiger partial charge in [-0.1, -0.05) is 124 Å². The van der Waals surface area contributed by atoms with Crippen molar-refractivity contribution in [3.8, 4) is 34.0 Å². The van der Waals surface area contributed by atoms with Crippen molar-refractivity contribution in [1.82, 2.24) is 9.13 Å². The summed E-state index contributed by atoms with van der Waals surface area (Å²) in [5.74, 6) is 0.785. The molecule has 1 aliphatic carbocycles. The number of thiazole rings is 1. The zero-order chi connectivity index (χ0) is 34.5. The lowest BCUT2D eigenvalue weighted by Gasteiger charge is -2.30. The average molecular weight is 747 g/mol. The molecule has 248 valence electrons. The molecule has 0 N–H and O–H groups in total. The number of aromatic nitrogens is 2. The number of rotatable bonds is 6. The maximum absolute atomic E-state index is 14.8. The highest BCUT2D eigenvalue weighted by atomic mass is 79.9. The third-order valence-corrected chi connectivity index (χ3v) is 11.3. The van der Waals surface area contributed by atoms with Gasteiger partial charge >= 0.3 is 0 Å². The molecule has 5 aromatic carbocycles. The third-order valence-electron chi connectivity index (χ3n) is 9.82. The number of fused-ring (bicyclic) bond motifs is 3. The number of hydrogen-bond donors (Lipinski definition) is 0. The van der Waals surface area contributed by atoms with Crippen molar-refractivity contribution in [2.75, 3.05) is 7.11 Å². The fraction of sp³-hybridized carbons (Fsp3) is 0.0909. The van der Waals surface area contributed by atoms with Crippen LogP contribution < -0.4 is 19.6 Å². The molecule has 7 heteroatoms. The van der Waals surface area contributed by atoms with Gasteiger partial charge in [0.25, 0.3) is 5.56 Å². The Kier molecular flexibility index (Phi) is 8.02. The highest BCUT2D eigenvalue weighted by molar-refractivity contribution is 9.10. The summed E-state index contributed by atoms with van der Waals surface area (Å²) in [6, 6.07) is 47.8. The van der Waals surface area contributed by atoms with Gasteiger partial charge in [-0.25, -0.2) is 4.99 Å². The molecular formula is C44H32BrN3O2S. The number of ether oxygens (including phenoxy) is 1. The van der Waals surface area contributed by atoms with Gasteiger partial charge in [0, 0.05) is 21.3 Å². The minimum absolute atomic E-state index is 0.0401. The van der Waals surface area contributed by atoms with E-state index in [0.717, 1.165) is 73.7 Å². The normalized spacial score (nSPS) is 15.2. The second-order valence-electron chi connectivity index (χ2n) is 12.8. The van der Waals surface area contributed by atoms with Gasteiger partial charge in [0.15, 0.2) is 4.80 Å². The zero-order valence-electron chi connectivity index (χ0n) is 27.8. The molecule has 51 heavy (non-hydrogen) atoms. The first-order valence-corrected chi connectivity index (χ1v) is 18.6. The molecule has 0 bridgehead atoms. The zero-order valence-corrected chi connectivity index (χ0v) is 30.2. The lowest BCUT2D eigenvalue weighted by atomic mass is 9.83. The van der Waals surface area contributed by atoms with Crippen LogP contribution in [0.25, 0.3) is 40.0 Å². The second kappa shape index (κ2) is 13.0. The molecule has 0 unspecified atom stereocenters. The number of aryl methyl sites for hydroxylation is 1. The summed E-state index contributed by atoms with van der Waals surface area (Å²) in [4.78, 5) is 20.7. The minimum Gasteiger partial charge on any atom is -0.497 e. The van der Waals surface area contributed by atoms with Crippen molar-refractivity contribution in [3.05, 3.63) is 192 Å². The van der Waals surface area contributed by atoms with Gasteiger partial charge < -0.3 is 9.30 Å². The van der Waals surface area contributed by atoms with Gasteiger partial charge in [-0.3, -0.25) is 9.36 Å². The molecule has 2 aromatic heterocycles. The van der Waals surface area contributed by atoms with E-state index in [0.29, 0.717) is 9.33 Å². The Hall–Kier alpha value is -5.50. The Labute approximate surface area is 307 Å². The summed E-state index contributed by atoms with van der Waals surface area (Å²) in [5.41, 5.74) is 11.8. The summed E-state index contributed by atoms with van der Waals surface area (Å²) in [5, 5.41) is 0. The van der Waals surface area contributed by atoms with E-state index in [2.05, 4.69) is 142 Å². The SMILES string of the molecule is COc1ccc([C@H]2C3=C(N=c4s/c(=C/c5cc(-c6ccccc6)n(-c6ccc(Br)cc6)c5-c5ccccc5)c(=O)n42)c2ccccc2CC3)cc1. The number of halogens is 1. The second-order valence-corrected chi connectivity index (χ2v) is 14.7. The Morgan fingerprint density at radius 1 is 0.804 bits per heavy atom. The quantitative estimate of drug-likeness (QED) is 0.171. The van der Waals surface area contributed by atoms with Gasteiger partial charge in [0.05, 0.1) is 34.8 Å². The molecule has 5 nitrogen and oxygen atoms in total. The van der Waals surface area contributed by atoms with E-state index >= 15 is 0 Å². The average Bonchev–Trinajstić information content (AvgIpc) is 3.71. The van der Waals surface area contributed by atoms with E-state index in [9.17, 15) is 4.79 Å². The van der Waals surface area contributed by atoms with Crippen LogP contribution >= 0.6 is 27.3 Å². The molecule has 0 saturated heterocycles. The van der Waals surface area contributed by atoms with Crippen molar-refractivity contribution in [2.45, 2.75) is 18.9 Å². The number of allylic oxidation sites excluding steroid dienone is 1. The molecule has 0 spiro atoms. The molecule has 2 aliphatic rings. The van der Waals surface area contributed by atoms with Crippen LogP contribution in [0.1, 0.15) is 34.7 Å². The number of hydrogen-bond acceptors (Lipinski definition) is 4. The van der Waals surface area contributed by atoms with Gasteiger partial charge in [0.2, 0.25) is 0 Å². The molecule has 0 amide bonds. The van der Waals surface area contributed by atoms with Crippen LogP contribution in [0.15, 0.2) is 159 Å². The first-order valence-electron chi connectivity index (χ1n) is 17.0. The lowest BCUT2D eigenvalue weighted by molar-refractivity contribution is 0.414. The highest BCUT2D eigenvalue weighted by Crippen LogP contribution is 2.42. The molecule has 0 fully saturated rings. The van der Waals surface area contributed by atoms with E-state index in [1.807, 2.05) is 28.8 Å². The van der Waals surface area contributed by atoms with Gasteiger partial charge in [-0.15, -0.1) is 0 Å². The van der Waals surface area contributed by atoms with Crippen LogP contribution in [0.2, 0.25) is 0 Å². The van der Waals surface area contributed by atoms with Crippen LogP contribution in [0, 0.1) is 0 Å². The van der Waals surface area contributed by atoms with E-state index < -0.39 is 0 Å². The Bertz CT molecular complexity index is 2640. The smallest absolute Gasteiger partial charge is 0.271 e. The van der Waals surface area contributed by atoms with Crippen molar-refractivity contribution < 1.29 is 4.74 Å². The first kappa shape index (κ1) is 31.5. The van der Waals surface area contributed by atoms with Crippen molar-refractivity contribution >= 4 is 39.0 Å². The van der Waals surface area contributed by atoms with E-state index in [-0.39, 0.29) is 11.6 Å². The standard InChI is InChI=1S/C44H32BrN3O2S/c1-50-35-23-16-31(17-24-35)42-37-25-18-28-10-8-9-15-36(28)40(37)46-44-48(42)43(49)39(51-44)27-32-26-38(29-11-4-2-5-12-29)47(34-21-19-33(45)20-22-34)41(32)30-13-6-3-7-14-30/h2-17,19-24,26-27,42H,18,25H2,1H3/b39-27+/t42-/m0/s1. The molecule has 7 aromatic rings. The predicted molar refractivity (Wildman–Crippen MR) is 210 cm³/mol. The molecule has 0 saturated carbocycles. The number of benzene rings is 5. The van der Waals surface area contributed by atoms with Gasteiger partial charge in [0.1, 0.15) is 5.75 Å². The maximum atomic E-state index is 14.8. The van der Waals surface area contributed by atoms with Crippen molar-refractivity contribution in [2.24, 2.45) is 4.99 Å². The van der Waals surface area contributed by atoms with Gasteiger partial charge in [-0.05, 0) is 89.2 Å². The van der Waals surface area contributed by atoms with Crippen LogP contribution in [0.4, 0.5) is 0 Å². The fourth-order valence-corrected chi connectivity index (χ4v) is 8.72. The molecule has 1 atom stereocenters. The number of methoxy groups -OCH3 is 1. The third kappa shape index (κ3) is 5.54. The Morgan fingerprint density at radius 2 is 1.49 bits per heavy atom. The van der Waals surface area contributed by atoms with Crippen molar-refractivity contribution in [1.29, 1.82) is 0 Å². The maximum Gasteiger partial charge on any atom is 0.271 e. The molecular weight excluding hydrogens is 714 g/mol. The Morgan fingerprint density at radius 3 is 2.22 bits per heavy atom. The van der Waals surface area contributed by atoms with Gasteiger partial charge in [-0.2, -0.15) is 0 Å². The molecule has 1 aliphatic heterocycles. The van der Waals surface area contributed by atoms with E-state index in [1.165, 1.54) is 22.5 Å². The summed E-state index contributed by atoms with van der Waals surface area (Å²) in [6.07, 6.45) is 3.81. The minimum atomic E-state index is -0.265. The predicted octanol–water partition coefficient (Wildman–Crippen LogP) is 9.21. The largest absolute Gasteiger partial charge is 0.497 e. The Balaban J connectivity index is 1.31. The summed E-state index contributed by atoms with van der Waals surface area (Å²) in [6.45, 7) is 0. The van der Waals surface area contributed by atoms with Crippen LogP contribution in [-0.4, -0.2) is 16.2 Å².